The Labute approximate surface area is 160 Å². The minimum atomic E-state index is 0.0121. The zero-order valence-corrected chi connectivity index (χ0v) is 16.0. The minimum Gasteiger partial charge on any atom is -0.492 e. The van der Waals surface area contributed by atoms with Crippen LogP contribution in [0, 0.1) is 0 Å². The van der Waals surface area contributed by atoms with Gasteiger partial charge in [0, 0.05) is 30.1 Å². The number of aromatic nitrogens is 2. The monoisotopic (exact) mass is 368 g/mol. The van der Waals surface area contributed by atoms with E-state index in [4.69, 9.17) is 4.74 Å². The lowest BCUT2D eigenvalue weighted by atomic mass is 9.85. The largest absolute Gasteiger partial charge is 0.492 e. The zero-order chi connectivity index (χ0) is 18.6. The molecule has 2 aromatic rings. The first kappa shape index (κ1) is 18.0. The van der Waals surface area contributed by atoms with Gasteiger partial charge in [0.25, 0.3) is 0 Å². The van der Waals surface area contributed by atoms with Crippen molar-refractivity contribution in [3.63, 3.8) is 0 Å². The van der Waals surface area contributed by atoms with Crippen LogP contribution in [0.25, 0.3) is 0 Å². The summed E-state index contributed by atoms with van der Waals surface area (Å²) >= 11 is 0. The van der Waals surface area contributed by atoms with Gasteiger partial charge in [-0.1, -0.05) is 25.5 Å². The number of amides is 1. The standard InChI is InChI=1S/C21H28N4O2/c1-2-18-20-17(14-19(26)22-21(20)24-23-18)15-7-6-8-16(13-15)27-12-11-25-9-4-3-5-10-25/h6-8,13,17H,2-5,9-12,14H2,1H3,(H2,22,23,24,26). The molecule has 3 heterocycles. The number of nitrogens with one attached hydrogen (secondary N) is 2. The molecule has 1 fully saturated rings. The third-order valence-electron chi connectivity index (χ3n) is 5.62. The maximum absolute atomic E-state index is 12.1. The van der Waals surface area contributed by atoms with Gasteiger partial charge >= 0.3 is 0 Å². The number of fused-ring (bicyclic) bond motifs is 1. The Hall–Kier alpha value is -2.34. The molecule has 2 aliphatic rings. The van der Waals surface area contributed by atoms with Crippen LogP contribution in [0.1, 0.15) is 55.3 Å². The second-order valence-corrected chi connectivity index (χ2v) is 7.45. The molecule has 0 aliphatic carbocycles. The number of piperidine rings is 1. The molecule has 0 spiro atoms. The van der Waals surface area contributed by atoms with Crippen LogP contribution in [-0.4, -0.2) is 47.2 Å². The first-order valence-electron chi connectivity index (χ1n) is 10.1. The van der Waals surface area contributed by atoms with Crippen LogP contribution in [0.2, 0.25) is 0 Å². The number of aromatic amines is 1. The number of carbonyl (C=O) groups excluding carboxylic acids is 1. The lowest BCUT2D eigenvalue weighted by molar-refractivity contribution is -0.116. The third kappa shape index (κ3) is 4.00. The fourth-order valence-electron chi connectivity index (χ4n) is 4.18. The molecule has 1 aromatic heterocycles. The second kappa shape index (κ2) is 8.13. The number of H-pyrrole nitrogens is 1. The number of anilines is 1. The average Bonchev–Trinajstić information content (AvgIpc) is 3.11. The van der Waals surface area contributed by atoms with Crippen LogP contribution < -0.4 is 10.1 Å². The van der Waals surface area contributed by atoms with E-state index in [0.717, 1.165) is 35.5 Å². The summed E-state index contributed by atoms with van der Waals surface area (Å²) in [6.45, 7) is 6.14. The maximum Gasteiger partial charge on any atom is 0.226 e. The van der Waals surface area contributed by atoms with Gasteiger partial charge in [0.1, 0.15) is 12.4 Å². The highest BCUT2D eigenvalue weighted by Gasteiger charge is 2.31. The van der Waals surface area contributed by atoms with Crippen molar-refractivity contribution >= 4 is 11.7 Å². The van der Waals surface area contributed by atoms with Crippen molar-refractivity contribution in [1.82, 2.24) is 15.1 Å². The predicted octanol–water partition coefficient (Wildman–Crippen LogP) is 3.31. The van der Waals surface area contributed by atoms with Crippen molar-refractivity contribution in [3.8, 4) is 5.75 Å². The molecule has 1 saturated heterocycles. The lowest BCUT2D eigenvalue weighted by Gasteiger charge is -2.26. The van der Waals surface area contributed by atoms with Crippen LogP contribution in [0.15, 0.2) is 24.3 Å². The lowest BCUT2D eigenvalue weighted by Crippen LogP contribution is -2.33. The number of aryl methyl sites for hydroxylation is 1. The van der Waals surface area contributed by atoms with E-state index in [1.165, 1.54) is 32.4 Å². The van der Waals surface area contributed by atoms with Crippen LogP contribution in [0.3, 0.4) is 0 Å². The number of ether oxygens (including phenoxy) is 1. The van der Waals surface area contributed by atoms with E-state index in [9.17, 15) is 4.79 Å². The van der Waals surface area contributed by atoms with E-state index in [-0.39, 0.29) is 11.8 Å². The topological polar surface area (TPSA) is 70.2 Å². The van der Waals surface area contributed by atoms with Crippen molar-refractivity contribution in [1.29, 1.82) is 0 Å². The number of rotatable bonds is 6. The summed E-state index contributed by atoms with van der Waals surface area (Å²) in [5.74, 6) is 1.58. The second-order valence-electron chi connectivity index (χ2n) is 7.45. The molecular weight excluding hydrogens is 340 g/mol. The summed E-state index contributed by atoms with van der Waals surface area (Å²) in [6, 6.07) is 8.18. The van der Waals surface area contributed by atoms with E-state index in [1.807, 2.05) is 12.1 Å². The first-order valence-corrected chi connectivity index (χ1v) is 10.1. The van der Waals surface area contributed by atoms with E-state index < -0.39 is 0 Å². The van der Waals surface area contributed by atoms with Crippen molar-refractivity contribution < 1.29 is 9.53 Å². The SMILES string of the molecule is CCc1[nH]nc2c1C(c1cccc(OCCN3CCCCC3)c1)CC(=O)N2. The molecule has 1 aromatic carbocycles. The van der Waals surface area contributed by atoms with Crippen molar-refractivity contribution in [2.24, 2.45) is 0 Å². The highest BCUT2D eigenvalue weighted by molar-refractivity contribution is 5.94. The Morgan fingerprint density at radius 3 is 2.93 bits per heavy atom. The first-order chi connectivity index (χ1) is 13.2. The Kier molecular flexibility index (Phi) is 5.43. The summed E-state index contributed by atoms with van der Waals surface area (Å²) in [6.07, 6.45) is 5.25. The number of carbonyl (C=O) groups is 1. The third-order valence-corrected chi connectivity index (χ3v) is 5.62. The Balaban J connectivity index is 1.47. The van der Waals surface area contributed by atoms with Crippen LogP contribution in [0.5, 0.6) is 5.75 Å². The minimum absolute atomic E-state index is 0.0121. The van der Waals surface area contributed by atoms with Gasteiger partial charge in [0.05, 0.1) is 0 Å². The zero-order valence-electron chi connectivity index (χ0n) is 16.0. The fourth-order valence-corrected chi connectivity index (χ4v) is 4.18. The van der Waals surface area contributed by atoms with Crippen LogP contribution in [0.4, 0.5) is 5.82 Å². The summed E-state index contributed by atoms with van der Waals surface area (Å²) in [4.78, 5) is 14.6. The Bertz CT molecular complexity index is 795. The normalized spacial score (nSPS) is 20.2. The molecule has 2 aliphatic heterocycles. The smallest absolute Gasteiger partial charge is 0.226 e. The van der Waals surface area contributed by atoms with Gasteiger partial charge in [-0.2, -0.15) is 5.10 Å². The highest BCUT2D eigenvalue weighted by Crippen LogP contribution is 2.39. The molecule has 6 nitrogen and oxygen atoms in total. The molecular formula is C21H28N4O2. The molecule has 1 atom stereocenters. The number of hydrogen-bond donors (Lipinski definition) is 2. The quantitative estimate of drug-likeness (QED) is 0.821. The van der Waals surface area contributed by atoms with Gasteiger partial charge in [0.15, 0.2) is 5.82 Å². The van der Waals surface area contributed by atoms with E-state index in [0.29, 0.717) is 18.8 Å². The molecule has 144 valence electrons. The highest BCUT2D eigenvalue weighted by atomic mass is 16.5. The van der Waals surface area contributed by atoms with E-state index >= 15 is 0 Å². The van der Waals surface area contributed by atoms with Gasteiger partial charge in [-0.3, -0.25) is 14.8 Å². The number of nitrogens with zero attached hydrogens (tertiary/aromatic N) is 2. The molecule has 4 rings (SSSR count). The maximum atomic E-state index is 12.1. The molecule has 1 amide bonds. The molecule has 27 heavy (non-hydrogen) atoms. The summed E-state index contributed by atoms with van der Waals surface area (Å²) < 4.78 is 6.03. The van der Waals surface area contributed by atoms with E-state index in [2.05, 4.69) is 39.5 Å². The van der Waals surface area contributed by atoms with Crippen molar-refractivity contribution in [2.45, 2.75) is 44.9 Å². The molecule has 0 saturated carbocycles. The van der Waals surface area contributed by atoms with Crippen molar-refractivity contribution in [3.05, 3.63) is 41.1 Å². The summed E-state index contributed by atoms with van der Waals surface area (Å²) in [5.41, 5.74) is 3.31. The summed E-state index contributed by atoms with van der Waals surface area (Å²) in [7, 11) is 0. The van der Waals surface area contributed by atoms with Gasteiger partial charge in [-0.15, -0.1) is 0 Å². The van der Waals surface area contributed by atoms with Crippen LogP contribution >= 0.6 is 0 Å². The van der Waals surface area contributed by atoms with Gasteiger partial charge in [-0.05, 0) is 50.0 Å². The molecule has 6 heteroatoms. The average molecular weight is 368 g/mol. The van der Waals surface area contributed by atoms with Gasteiger partial charge in [0.2, 0.25) is 5.91 Å². The fraction of sp³-hybridized carbons (Fsp3) is 0.524. The number of benzene rings is 1. The molecule has 1 unspecified atom stereocenters. The Morgan fingerprint density at radius 2 is 2.11 bits per heavy atom. The number of hydrogen-bond acceptors (Lipinski definition) is 4. The molecule has 2 N–H and O–H groups in total. The van der Waals surface area contributed by atoms with E-state index in [1.54, 1.807) is 0 Å². The predicted molar refractivity (Wildman–Crippen MR) is 105 cm³/mol. The Morgan fingerprint density at radius 1 is 1.26 bits per heavy atom. The van der Waals surface area contributed by atoms with Gasteiger partial charge in [-0.25, -0.2) is 0 Å². The van der Waals surface area contributed by atoms with Crippen molar-refractivity contribution in [2.75, 3.05) is 31.6 Å². The summed E-state index contributed by atoms with van der Waals surface area (Å²) in [5, 5.41) is 10.2. The number of likely N-dealkylation sites (tertiary alicyclic amines) is 1. The van der Waals surface area contributed by atoms with Gasteiger partial charge < -0.3 is 10.1 Å². The molecule has 0 radical (unpaired) electrons. The molecule has 0 bridgehead atoms. The van der Waals surface area contributed by atoms with Crippen LogP contribution in [-0.2, 0) is 11.2 Å².